The number of anilines is 2. The number of hydrogen-bond donors (Lipinski definition) is 2. The van der Waals surface area contributed by atoms with E-state index >= 15 is 0 Å². The van der Waals surface area contributed by atoms with Crippen molar-refractivity contribution in [3.8, 4) is 11.5 Å². The molecule has 0 unspecified atom stereocenters. The average Bonchev–Trinajstić information content (AvgIpc) is 3.52. The van der Waals surface area contributed by atoms with Crippen molar-refractivity contribution in [1.29, 1.82) is 0 Å². The number of nitrogen functional groups attached to an aromatic ring is 1. The third-order valence-corrected chi connectivity index (χ3v) is 5.55. The van der Waals surface area contributed by atoms with Crippen LogP contribution < -0.4 is 11.1 Å². The minimum atomic E-state index is -4.90. The minimum absolute atomic E-state index is 0.0379. The Hall–Kier alpha value is -4.81. The number of nitrogens with two attached hydrogens (primary N) is 1. The van der Waals surface area contributed by atoms with Crippen molar-refractivity contribution in [3.05, 3.63) is 77.6 Å². The number of halogens is 3. The standard InChI is InChI=1S/C23H18F3N9O/c1-12-9-17(13(2)32-21(12)35-29-7-8-30-35)33-22(36)16-10-31-34(19(16)23(24,25)26)18-11-28-20(27)15-6-4-3-5-14(15)18/h3-11H,1-2H3,(H2,27,28)(H,33,36). The normalized spacial score (nSPS) is 11.7. The lowest BCUT2D eigenvalue weighted by Crippen LogP contribution is -2.21. The van der Waals surface area contributed by atoms with E-state index in [9.17, 15) is 18.0 Å². The maximum Gasteiger partial charge on any atom is 0.434 e. The fourth-order valence-electron chi connectivity index (χ4n) is 3.87. The van der Waals surface area contributed by atoms with E-state index in [2.05, 4.69) is 30.6 Å². The van der Waals surface area contributed by atoms with Crippen LogP contribution in [0.5, 0.6) is 0 Å². The number of aromatic nitrogens is 7. The van der Waals surface area contributed by atoms with E-state index in [-0.39, 0.29) is 17.2 Å². The summed E-state index contributed by atoms with van der Waals surface area (Å²) in [5, 5.41) is 15.4. The number of nitrogens with zero attached hydrogens (tertiary/aromatic N) is 7. The second-order valence-electron chi connectivity index (χ2n) is 7.93. The first-order valence-corrected chi connectivity index (χ1v) is 10.6. The van der Waals surface area contributed by atoms with E-state index in [0.29, 0.717) is 32.5 Å². The van der Waals surface area contributed by atoms with Crippen LogP contribution in [0.2, 0.25) is 0 Å². The predicted octanol–water partition coefficient (Wildman–Crippen LogP) is 3.87. The fraction of sp³-hybridized carbons (Fsp3) is 0.130. The van der Waals surface area contributed by atoms with E-state index in [1.807, 2.05) is 0 Å². The van der Waals surface area contributed by atoms with Crippen LogP contribution in [0.15, 0.2) is 55.1 Å². The van der Waals surface area contributed by atoms with Crippen LogP contribution in [0.25, 0.3) is 22.3 Å². The highest BCUT2D eigenvalue weighted by Crippen LogP contribution is 2.36. The Labute approximate surface area is 201 Å². The molecule has 1 amide bonds. The number of amides is 1. The number of carbonyl (C=O) groups excluding carboxylic acids is 1. The van der Waals surface area contributed by atoms with Gasteiger partial charge in [-0.2, -0.15) is 28.5 Å². The van der Waals surface area contributed by atoms with Gasteiger partial charge in [-0.15, -0.1) is 4.80 Å². The lowest BCUT2D eigenvalue weighted by atomic mass is 10.1. The molecule has 4 heterocycles. The molecule has 0 spiro atoms. The third-order valence-electron chi connectivity index (χ3n) is 5.55. The summed E-state index contributed by atoms with van der Waals surface area (Å²) in [7, 11) is 0. The molecule has 0 atom stereocenters. The molecule has 182 valence electrons. The Bertz CT molecular complexity index is 1610. The van der Waals surface area contributed by atoms with Crippen LogP contribution in [-0.2, 0) is 6.18 Å². The van der Waals surface area contributed by atoms with E-state index in [4.69, 9.17) is 5.73 Å². The van der Waals surface area contributed by atoms with E-state index in [1.165, 1.54) is 23.4 Å². The molecule has 10 nitrogen and oxygen atoms in total. The molecule has 3 N–H and O–H groups in total. The highest BCUT2D eigenvalue weighted by Gasteiger charge is 2.41. The van der Waals surface area contributed by atoms with Gasteiger partial charge in [-0.1, -0.05) is 24.3 Å². The van der Waals surface area contributed by atoms with Gasteiger partial charge in [0.1, 0.15) is 5.82 Å². The summed E-state index contributed by atoms with van der Waals surface area (Å²) >= 11 is 0. The zero-order valence-corrected chi connectivity index (χ0v) is 18.9. The summed E-state index contributed by atoms with van der Waals surface area (Å²) in [5.41, 5.74) is 5.26. The molecular formula is C23H18F3N9O. The van der Waals surface area contributed by atoms with Crippen LogP contribution in [0.3, 0.4) is 0 Å². The van der Waals surface area contributed by atoms with Gasteiger partial charge in [0.05, 0.1) is 47.4 Å². The summed E-state index contributed by atoms with van der Waals surface area (Å²) in [6, 6.07) is 8.21. The molecule has 4 aromatic heterocycles. The Morgan fingerprint density at radius 1 is 1.03 bits per heavy atom. The molecule has 0 radical (unpaired) electrons. The number of benzene rings is 1. The van der Waals surface area contributed by atoms with Gasteiger partial charge in [0, 0.05) is 10.8 Å². The number of hydrogen-bond acceptors (Lipinski definition) is 7. The van der Waals surface area contributed by atoms with E-state index in [1.54, 1.807) is 44.2 Å². The first-order chi connectivity index (χ1) is 17.1. The number of pyridine rings is 2. The van der Waals surface area contributed by atoms with Crippen molar-refractivity contribution < 1.29 is 18.0 Å². The largest absolute Gasteiger partial charge is 0.434 e. The molecular weight excluding hydrogens is 475 g/mol. The minimum Gasteiger partial charge on any atom is -0.383 e. The van der Waals surface area contributed by atoms with Gasteiger partial charge in [0.25, 0.3) is 5.91 Å². The number of nitrogens with one attached hydrogen (secondary N) is 1. The van der Waals surface area contributed by atoms with Crippen molar-refractivity contribution in [1.82, 2.24) is 34.7 Å². The Kier molecular flexibility index (Phi) is 5.39. The number of fused-ring (bicyclic) bond motifs is 1. The number of aryl methyl sites for hydroxylation is 2. The van der Waals surface area contributed by atoms with Gasteiger partial charge in [-0.3, -0.25) is 4.79 Å². The fourth-order valence-corrected chi connectivity index (χ4v) is 3.87. The monoisotopic (exact) mass is 493 g/mol. The lowest BCUT2D eigenvalue weighted by molar-refractivity contribution is -0.143. The second kappa shape index (κ2) is 8.45. The van der Waals surface area contributed by atoms with Crippen LogP contribution in [0.4, 0.5) is 24.7 Å². The van der Waals surface area contributed by atoms with Gasteiger partial charge < -0.3 is 11.1 Å². The number of alkyl halides is 3. The van der Waals surface area contributed by atoms with Crippen molar-refractivity contribution in [2.24, 2.45) is 0 Å². The summed E-state index contributed by atoms with van der Waals surface area (Å²) in [6.07, 6.45) is 0.150. The number of rotatable bonds is 4. The molecule has 0 aliphatic rings. The zero-order valence-electron chi connectivity index (χ0n) is 18.9. The van der Waals surface area contributed by atoms with Gasteiger partial charge in [0.15, 0.2) is 11.5 Å². The summed E-state index contributed by atoms with van der Waals surface area (Å²) in [5.74, 6) is -0.391. The maximum atomic E-state index is 14.2. The van der Waals surface area contributed by atoms with Gasteiger partial charge in [-0.25, -0.2) is 14.6 Å². The highest BCUT2D eigenvalue weighted by molar-refractivity contribution is 6.05. The quantitative estimate of drug-likeness (QED) is 0.389. The Balaban J connectivity index is 1.57. The van der Waals surface area contributed by atoms with Gasteiger partial charge >= 0.3 is 6.18 Å². The van der Waals surface area contributed by atoms with Crippen molar-refractivity contribution in [2.45, 2.75) is 20.0 Å². The van der Waals surface area contributed by atoms with Crippen LogP contribution in [0.1, 0.15) is 27.3 Å². The molecule has 0 saturated carbocycles. The van der Waals surface area contributed by atoms with Crippen LogP contribution in [0, 0.1) is 13.8 Å². The molecule has 1 aromatic carbocycles. The predicted molar refractivity (Wildman–Crippen MR) is 125 cm³/mol. The third kappa shape index (κ3) is 3.89. The average molecular weight is 493 g/mol. The molecule has 0 fully saturated rings. The number of carbonyl (C=O) groups is 1. The maximum absolute atomic E-state index is 14.2. The smallest absolute Gasteiger partial charge is 0.383 e. The summed E-state index contributed by atoms with van der Waals surface area (Å²) in [4.78, 5) is 22.8. The zero-order chi connectivity index (χ0) is 25.6. The van der Waals surface area contributed by atoms with Crippen molar-refractivity contribution in [3.63, 3.8) is 0 Å². The summed E-state index contributed by atoms with van der Waals surface area (Å²) < 4.78 is 43.4. The molecule has 0 aliphatic carbocycles. The van der Waals surface area contributed by atoms with Crippen LogP contribution >= 0.6 is 0 Å². The van der Waals surface area contributed by atoms with Crippen LogP contribution in [-0.4, -0.2) is 40.6 Å². The lowest BCUT2D eigenvalue weighted by Gasteiger charge is -2.15. The van der Waals surface area contributed by atoms with Crippen molar-refractivity contribution in [2.75, 3.05) is 11.1 Å². The summed E-state index contributed by atoms with van der Waals surface area (Å²) in [6.45, 7) is 3.33. The molecule has 5 rings (SSSR count). The van der Waals surface area contributed by atoms with E-state index < -0.39 is 23.3 Å². The van der Waals surface area contributed by atoms with E-state index in [0.717, 1.165) is 6.20 Å². The molecule has 0 bridgehead atoms. The molecule has 0 saturated heterocycles. The van der Waals surface area contributed by atoms with Crippen molar-refractivity contribution >= 4 is 28.2 Å². The molecule has 5 aromatic rings. The Morgan fingerprint density at radius 3 is 2.42 bits per heavy atom. The van der Waals surface area contributed by atoms with Gasteiger partial charge in [0.2, 0.25) is 0 Å². The topological polar surface area (TPSA) is 129 Å². The second-order valence-corrected chi connectivity index (χ2v) is 7.93. The first kappa shape index (κ1) is 23.0. The molecule has 36 heavy (non-hydrogen) atoms. The Morgan fingerprint density at radius 2 is 1.72 bits per heavy atom. The first-order valence-electron chi connectivity index (χ1n) is 10.6. The molecule has 13 heteroatoms. The highest BCUT2D eigenvalue weighted by atomic mass is 19.4. The van der Waals surface area contributed by atoms with Gasteiger partial charge in [-0.05, 0) is 25.5 Å². The SMILES string of the molecule is Cc1cc(NC(=O)c2cnn(-c3cnc(N)c4ccccc34)c2C(F)(F)F)c(C)nc1-n1nccn1. The molecule has 0 aliphatic heterocycles.